The van der Waals surface area contributed by atoms with Gasteiger partial charge in [-0.1, -0.05) is 27.5 Å². The lowest BCUT2D eigenvalue weighted by Crippen LogP contribution is -2.36. The van der Waals surface area contributed by atoms with E-state index < -0.39 is 11.8 Å². The molecular weight excluding hydrogens is 370 g/mol. The Hall–Kier alpha value is -1.66. The van der Waals surface area contributed by atoms with E-state index in [-0.39, 0.29) is 0 Å². The van der Waals surface area contributed by atoms with Crippen LogP contribution in [0.4, 0.5) is 5.82 Å². The fraction of sp³-hybridized carbons (Fsp3) is 0.267. The van der Waals surface area contributed by atoms with E-state index >= 15 is 0 Å². The van der Waals surface area contributed by atoms with E-state index in [9.17, 15) is 9.59 Å². The van der Waals surface area contributed by atoms with E-state index in [1.807, 2.05) is 6.07 Å². The molecule has 7 heteroatoms. The molecule has 1 heterocycles. The summed E-state index contributed by atoms with van der Waals surface area (Å²) in [5.41, 5.74) is 0.562. The number of hydrogen-bond donors (Lipinski definition) is 2. The topological polar surface area (TPSA) is 71.1 Å². The van der Waals surface area contributed by atoms with Crippen LogP contribution >= 0.6 is 27.5 Å². The van der Waals surface area contributed by atoms with E-state index in [1.54, 1.807) is 18.2 Å². The molecule has 1 aromatic carbocycles. The first-order chi connectivity index (χ1) is 10.5. The largest absolute Gasteiger partial charge is 0.348 e. The zero-order chi connectivity index (χ0) is 15.7. The number of rotatable bonds is 3. The fourth-order valence-electron chi connectivity index (χ4n) is 2.03. The number of pyridine rings is 1. The second-order valence-electron chi connectivity index (χ2n) is 5.23. The molecule has 114 valence electrons. The summed E-state index contributed by atoms with van der Waals surface area (Å²) in [5, 5.41) is 6.41. The highest BCUT2D eigenvalue weighted by molar-refractivity contribution is 9.10. The molecule has 0 bridgehead atoms. The van der Waals surface area contributed by atoms with Gasteiger partial charge < -0.3 is 10.6 Å². The molecule has 2 N–H and O–H groups in total. The van der Waals surface area contributed by atoms with E-state index in [0.29, 0.717) is 28.8 Å². The number of carbonyl (C=O) groups is 2. The minimum absolute atomic E-state index is 0.291. The molecule has 22 heavy (non-hydrogen) atoms. The summed E-state index contributed by atoms with van der Waals surface area (Å²) < 4.78 is 0.861. The Labute approximate surface area is 140 Å². The molecule has 1 fully saturated rings. The molecule has 2 aromatic rings. The molecule has 1 saturated carbocycles. The van der Waals surface area contributed by atoms with Crippen molar-refractivity contribution in [2.24, 2.45) is 5.92 Å². The fourth-order valence-corrected chi connectivity index (χ4v) is 2.69. The summed E-state index contributed by atoms with van der Waals surface area (Å²) in [6.45, 7) is 0.552. The molecule has 0 unspecified atom stereocenters. The maximum atomic E-state index is 11.8. The lowest BCUT2D eigenvalue weighted by atomic mass is 10.2. The van der Waals surface area contributed by atoms with Gasteiger partial charge in [0.15, 0.2) is 0 Å². The standard InChI is InChI=1S/C15H13BrClN3O2/c16-10-4-5-11(17)13-9(10)3-6-12(19-13)20-15(22)14(21)18-7-8-1-2-8/h3-6,8H,1-2,7H2,(H,18,21)(H,19,20,22). The van der Waals surface area contributed by atoms with Gasteiger partial charge in [-0.2, -0.15) is 0 Å². The minimum atomic E-state index is -0.724. The van der Waals surface area contributed by atoms with E-state index in [0.717, 1.165) is 22.7 Å². The first-order valence-electron chi connectivity index (χ1n) is 6.88. The van der Waals surface area contributed by atoms with Crippen LogP contribution < -0.4 is 10.6 Å². The molecule has 5 nitrogen and oxygen atoms in total. The van der Waals surface area contributed by atoms with Gasteiger partial charge >= 0.3 is 11.8 Å². The molecule has 3 rings (SSSR count). The minimum Gasteiger partial charge on any atom is -0.348 e. The average molecular weight is 383 g/mol. The van der Waals surface area contributed by atoms with Crippen LogP contribution in [0.15, 0.2) is 28.7 Å². The van der Waals surface area contributed by atoms with Crippen molar-refractivity contribution in [2.75, 3.05) is 11.9 Å². The van der Waals surface area contributed by atoms with Gasteiger partial charge in [0, 0.05) is 16.4 Å². The number of amides is 2. The van der Waals surface area contributed by atoms with Gasteiger partial charge in [0.25, 0.3) is 0 Å². The van der Waals surface area contributed by atoms with Crippen molar-refractivity contribution in [1.82, 2.24) is 10.3 Å². The molecule has 2 amide bonds. The number of nitrogens with zero attached hydrogens (tertiary/aromatic N) is 1. The predicted octanol–water partition coefficient (Wildman–Crippen LogP) is 3.12. The van der Waals surface area contributed by atoms with Crippen molar-refractivity contribution in [2.45, 2.75) is 12.8 Å². The van der Waals surface area contributed by atoms with E-state index in [2.05, 4.69) is 31.5 Å². The van der Waals surface area contributed by atoms with Gasteiger partial charge in [0.2, 0.25) is 0 Å². The Bertz CT molecular complexity index is 762. The van der Waals surface area contributed by atoms with Crippen molar-refractivity contribution in [3.63, 3.8) is 0 Å². The van der Waals surface area contributed by atoms with Gasteiger partial charge in [-0.3, -0.25) is 9.59 Å². The van der Waals surface area contributed by atoms with Crippen molar-refractivity contribution in [3.05, 3.63) is 33.8 Å². The van der Waals surface area contributed by atoms with Crippen LogP contribution in [-0.2, 0) is 9.59 Å². The second kappa shape index (κ2) is 6.22. The molecule has 0 radical (unpaired) electrons. The first kappa shape index (κ1) is 15.2. The van der Waals surface area contributed by atoms with Gasteiger partial charge in [-0.25, -0.2) is 4.98 Å². The van der Waals surface area contributed by atoms with E-state index in [4.69, 9.17) is 11.6 Å². The number of anilines is 1. The summed E-state index contributed by atoms with van der Waals surface area (Å²) in [5.74, 6) is -0.557. The Balaban J connectivity index is 1.74. The molecular formula is C15H13BrClN3O2. The van der Waals surface area contributed by atoms with Crippen molar-refractivity contribution < 1.29 is 9.59 Å². The Morgan fingerprint density at radius 1 is 1.23 bits per heavy atom. The van der Waals surface area contributed by atoms with Crippen LogP contribution in [0.5, 0.6) is 0 Å². The zero-order valence-corrected chi connectivity index (χ0v) is 13.9. The normalized spacial score (nSPS) is 13.9. The van der Waals surface area contributed by atoms with Crippen molar-refractivity contribution in [1.29, 1.82) is 0 Å². The highest BCUT2D eigenvalue weighted by Crippen LogP contribution is 2.29. The van der Waals surface area contributed by atoms with Gasteiger partial charge in [0.05, 0.1) is 10.5 Å². The lowest BCUT2D eigenvalue weighted by Gasteiger charge is -2.08. The van der Waals surface area contributed by atoms with Crippen LogP contribution in [0.3, 0.4) is 0 Å². The van der Waals surface area contributed by atoms with Crippen molar-refractivity contribution >= 4 is 56.1 Å². The zero-order valence-electron chi connectivity index (χ0n) is 11.5. The Morgan fingerprint density at radius 2 is 2.00 bits per heavy atom. The molecule has 0 spiro atoms. The van der Waals surface area contributed by atoms with Crippen LogP contribution in [-0.4, -0.2) is 23.3 Å². The van der Waals surface area contributed by atoms with E-state index in [1.165, 1.54) is 0 Å². The molecule has 1 aromatic heterocycles. The van der Waals surface area contributed by atoms with Crippen LogP contribution in [0.1, 0.15) is 12.8 Å². The number of fused-ring (bicyclic) bond motifs is 1. The summed E-state index contributed by atoms with van der Waals surface area (Å²) in [6.07, 6.45) is 2.23. The Kier molecular flexibility index (Phi) is 4.31. The third kappa shape index (κ3) is 3.39. The van der Waals surface area contributed by atoms with Gasteiger partial charge in [0.1, 0.15) is 5.82 Å². The highest BCUT2D eigenvalue weighted by Gasteiger charge is 2.23. The predicted molar refractivity (Wildman–Crippen MR) is 88.8 cm³/mol. The third-order valence-corrected chi connectivity index (χ3v) is 4.45. The maximum Gasteiger partial charge on any atom is 0.314 e. The number of aromatic nitrogens is 1. The second-order valence-corrected chi connectivity index (χ2v) is 6.49. The monoisotopic (exact) mass is 381 g/mol. The number of carbonyl (C=O) groups excluding carboxylic acids is 2. The lowest BCUT2D eigenvalue weighted by molar-refractivity contribution is -0.136. The Morgan fingerprint density at radius 3 is 2.73 bits per heavy atom. The third-order valence-electron chi connectivity index (χ3n) is 3.45. The number of benzene rings is 1. The molecule has 1 aliphatic rings. The molecule has 0 saturated heterocycles. The highest BCUT2D eigenvalue weighted by atomic mass is 79.9. The van der Waals surface area contributed by atoms with Crippen LogP contribution in [0.2, 0.25) is 5.02 Å². The summed E-state index contributed by atoms with van der Waals surface area (Å²) in [6, 6.07) is 6.97. The smallest absolute Gasteiger partial charge is 0.314 e. The summed E-state index contributed by atoms with van der Waals surface area (Å²) in [7, 11) is 0. The average Bonchev–Trinajstić information content (AvgIpc) is 3.33. The number of nitrogens with one attached hydrogen (secondary N) is 2. The van der Waals surface area contributed by atoms with Gasteiger partial charge in [-0.15, -0.1) is 0 Å². The maximum absolute atomic E-state index is 11.8. The quantitative estimate of drug-likeness (QED) is 0.801. The SMILES string of the molecule is O=C(NCC1CC1)C(=O)Nc1ccc2c(Br)ccc(Cl)c2n1. The number of halogens is 2. The molecule has 0 atom stereocenters. The molecule has 1 aliphatic carbocycles. The van der Waals surface area contributed by atoms with Crippen LogP contribution in [0, 0.1) is 5.92 Å². The molecule has 0 aliphatic heterocycles. The summed E-state index contributed by atoms with van der Waals surface area (Å²) >= 11 is 9.54. The first-order valence-corrected chi connectivity index (χ1v) is 8.05. The van der Waals surface area contributed by atoms with Crippen molar-refractivity contribution in [3.8, 4) is 0 Å². The summed E-state index contributed by atoms with van der Waals surface area (Å²) in [4.78, 5) is 27.8. The van der Waals surface area contributed by atoms with Gasteiger partial charge in [-0.05, 0) is 43.0 Å². The number of hydrogen-bond acceptors (Lipinski definition) is 3. The van der Waals surface area contributed by atoms with Crippen LogP contribution in [0.25, 0.3) is 10.9 Å².